The molecule has 0 atom stereocenters. The lowest BCUT2D eigenvalue weighted by molar-refractivity contribution is -0.119. The van der Waals surface area contributed by atoms with E-state index in [2.05, 4.69) is 20.9 Å². The Morgan fingerprint density at radius 1 is 1.16 bits per heavy atom. The van der Waals surface area contributed by atoms with Crippen molar-refractivity contribution in [1.82, 2.24) is 14.9 Å². The maximum atomic E-state index is 12.8. The first kappa shape index (κ1) is 19.8. The largest absolute Gasteiger partial charge is 0.476 e. The first-order valence-corrected chi connectivity index (χ1v) is 10.7. The summed E-state index contributed by atoms with van der Waals surface area (Å²) in [6.45, 7) is 1.53. The van der Waals surface area contributed by atoms with Crippen molar-refractivity contribution in [3.63, 3.8) is 0 Å². The fraction of sp³-hybridized carbons (Fsp3) is 0.375. The van der Waals surface area contributed by atoms with Crippen LogP contribution in [0.4, 0.5) is 11.4 Å². The third-order valence-corrected chi connectivity index (χ3v) is 6.35. The second-order valence-electron chi connectivity index (χ2n) is 8.82. The molecule has 31 heavy (non-hydrogen) atoms. The van der Waals surface area contributed by atoms with Gasteiger partial charge in [0.05, 0.1) is 35.1 Å². The zero-order valence-electron chi connectivity index (χ0n) is 18.2. The van der Waals surface area contributed by atoms with Gasteiger partial charge in [0.1, 0.15) is 0 Å². The Kier molecular flexibility index (Phi) is 4.59. The lowest BCUT2D eigenvalue weighted by Crippen LogP contribution is -2.28. The number of benzene rings is 1. The number of fused-ring (bicyclic) bond motifs is 4. The first-order chi connectivity index (χ1) is 14.9. The van der Waals surface area contributed by atoms with Gasteiger partial charge in [-0.1, -0.05) is 6.07 Å². The van der Waals surface area contributed by atoms with Crippen LogP contribution in [0.2, 0.25) is 0 Å². The van der Waals surface area contributed by atoms with Crippen LogP contribution in [0.25, 0.3) is 22.0 Å². The van der Waals surface area contributed by atoms with Crippen molar-refractivity contribution in [1.29, 1.82) is 0 Å². The number of pyridine rings is 2. The molecule has 1 saturated carbocycles. The molecule has 1 aliphatic carbocycles. The van der Waals surface area contributed by atoms with Crippen molar-refractivity contribution in [2.45, 2.75) is 24.7 Å². The van der Waals surface area contributed by atoms with Gasteiger partial charge in [-0.05, 0) is 57.1 Å². The molecule has 1 spiro atoms. The molecule has 5 rings (SSSR count). The van der Waals surface area contributed by atoms with E-state index in [4.69, 9.17) is 10.5 Å². The minimum absolute atomic E-state index is 0.184. The van der Waals surface area contributed by atoms with Gasteiger partial charge in [-0.2, -0.15) is 0 Å². The number of nitrogens with two attached hydrogens (primary N) is 1. The molecule has 2 N–H and O–H groups in total. The molecule has 1 aliphatic heterocycles. The fourth-order valence-electron chi connectivity index (χ4n) is 4.54. The number of carbonyl (C=O) groups is 1. The fourth-order valence-corrected chi connectivity index (χ4v) is 4.54. The summed E-state index contributed by atoms with van der Waals surface area (Å²) in [5.74, 6) is 0.652. The van der Waals surface area contributed by atoms with Gasteiger partial charge in [-0.25, -0.2) is 4.98 Å². The lowest BCUT2D eigenvalue weighted by atomic mass is 9.92. The van der Waals surface area contributed by atoms with E-state index in [9.17, 15) is 4.79 Å². The molecule has 2 aliphatic rings. The highest BCUT2D eigenvalue weighted by molar-refractivity contribution is 6.14. The summed E-state index contributed by atoms with van der Waals surface area (Å²) >= 11 is 0. The summed E-state index contributed by atoms with van der Waals surface area (Å²) in [6, 6.07) is 8.04. The van der Waals surface area contributed by atoms with Gasteiger partial charge in [0, 0.05) is 36.3 Å². The average molecular weight is 418 g/mol. The van der Waals surface area contributed by atoms with E-state index in [0.29, 0.717) is 18.2 Å². The number of aromatic nitrogens is 2. The van der Waals surface area contributed by atoms with Crippen LogP contribution in [0, 0.1) is 0 Å². The van der Waals surface area contributed by atoms with Gasteiger partial charge in [-0.3, -0.25) is 9.78 Å². The van der Waals surface area contributed by atoms with Gasteiger partial charge >= 0.3 is 0 Å². The molecule has 7 heteroatoms. The molecule has 7 nitrogen and oxygen atoms in total. The van der Waals surface area contributed by atoms with Gasteiger partial charge < -0.3 is 20.3 Å². The first-order valence-electron chi connectivity index (χ1n) is 10.7. The Balaban J connectivity index is 1.47. The minimum atomic E-state index is -0.356. The molecule has 2 aromatic heterocycles. The predicted molar refractivity (Wildman–Crippen MR) is 122 cm³/mol. The summed E-state index contributed by atoms with van der Waals surface area (Å²) in [7, 11) is 5.91. The van der Waals surface area contributed by atoms with Crippen molar-refractivity contribution in [2.75, 3.05) is 44.9 Å². The average Bonchev–Trinajstić information content (AvgIpc) is 3.53. The number of carbonyl (C=O) groups excluding carboxylic acids is 1. The van der Waals surface area contributed by atoms with E-state index in [1.165, 1.54) is 0 Å². The number of ether oxygens (including phenoxy) is 1. The molecule has 1 amide bonds. The summed E-state index contributed by atoms with van der Waals surface area (Å²) < 4.78 is 5.75. The van der Waals surface area contributed by atoms with E-state index in [1.807, 2.05) is 45.5 Å². The normalized spacial score (nSPS) is 16.4. The van der Waals surface area contributed by atoms with Gasteiger partial charge in [0.25, 0.3) is 0 Å². The monoisotopic (exact) mass is 417 g/mol. The molecule has 160 valence electrons. The Labute approximate surface area is 181 Å². The van der Waals surface area contributed by atoms with Crippen LogP contribution in [0.3, 0.4) is 0 Å². The number of rotatable bonds is 6. The zero-order valence-corrected chi connectivity index (χ0v) is 18.2. The van der Waals surface area contributed by atoms with Crippen LogP contribution in [-0.4, -0.2) is 55.1 Å². The topological polar surface area (TPSA) is 84.6 Å². The number of hydrogen-bond acceptors (Lipinski definition) is 6. The molecule has 0 bridgehead atoms. The third-order valence-electron chi connectivity index (χ3n) is 6.35. The van der Waals surface area contributed by atoms with Crippen LogP contribution < -0.4 is 15.4 Å². The Bertz CT molecular complexity index is 1190. The van der Waals surface area contributed by atoms with Crippen LogP contribution in [0.5, 0.6) is 5.88 Å². The second kappa shape index (κ2) is 7.20. The molecule has 3 aromatic rings. The molecule has 1 aromatic carbocycles. The highest BCUT2D eigenvalue weighted by Crippen LogP contribution is 2.58. The number of nitrogens with zero attached hydrogens (tertiary/aromatic N) is 4. The van der Waals surface area contributed by atoms with Crippen molar-refractivity contribution in [3.05, 3.63) is 42.2 Å². The lowest BCUT2D eigenvalue weighted by Gasteiger charge is -2.13. The van der Waals surface area contributed by atoms with Crippen molar-refractivity contribution < 1.29 is 9.53 Å². The van der Waals surface area contributed by atoms with E-state index in [-0.39, 0.29) is 11.3 Å². The van der Waals surface area contributed by atoms with E-state index in [1.54, 1.807) is 11.1 Å². The highest BCUT2D eigenvalue weighted by atomic mass is 16.5. The summed E-state index contributed by atoms with van der Waals surface area (Å²) in [4.78, 5) is 25.7. The summed E-state index contributed by atoms with van der Waals surface area (Å²) in [5.41, 5.74) is 11.3. The molecule has 0 saturated heterocycles. The summed E-state index contributed by atoms with van der Waals surface area (Å²) in [6.07, 6.45) is 6.33. The van der Waals surface area contributed by atoms with Gasteiger partial charge in [0.2, 0.25) is 11.8 Å². The van der Waals surface area contributed by atoms with E-state index in [0.717, 1.165) is 59.1 Å². The quantitative estimate of drug-likeness (QED) is 0.620. The molecule has 3 heterocycles. The maximum absolute atomic E-state index is 12.8. The van der Waals surface area contributed by atoms with Crippen LogP contribution in [0.15, 0.2) is 36.7 Å². The Morgan fingerprint density at radius 2 is 1.97 bits per heavy atom. The Morgan fingerprint density at radius 3 is 2.68 bits per heavy atom. The molecule has 1 fully saturated rings. The number of amides is 1. The minimum Gasteiger partial charge on any atom is -0.476 e. The molecular formula is C24H27N5O2. The SMILES string of the molecule is CN(C)CCCOc1ncc(-c2ccc3ncc4c(c3c2)C2(CC2)C(=O)N4C)cc1N. The van der Waals surface area contributed by atoms with Crippen molar-refractivity contribution in [2.24, 2.45) is 0 Å². The van der Waals surface area contributed by atoms with E-state index >= 15 is 0 Å². The number of hydrogen-bond donors (Lipinski definition) is 1. The van der Waals surface area contributed by atoms with E-state index < -0.39 is 0 Å². The molecular weight excluding hydrogens is 390 g/mol. The second-order valence-corrected chi connectivity index (χ2v) is 8.82. The predicted octanol–water partition coefficient (Wildman–Crippen LogP) is 3.22. The van der Waals surface area contributed by atoms with Crippen molar-refractivity contribution >= 4 is 28.2 Å². The maximum Gasteiger partial charge on any atom is 0.237 e. The smallest absolute Gasteiger partial charge is 0.237 e. The molecule has 0 radical (unpaired) electrons. The van der Waals surface area contributed by atoms with Crippen LogP contribution in [0.1, 0.15) is 24.8 Å². The van der Waals surface area contributed by atoms with Crippen molar-refractivity contribution in [3.8, 4) is 17.0 Å². The Hall–Kier alpha value is -3.19. The van der Waals surface area contributed by atoms with Crippen LogP contribution >= 0.6 is 0 Å². The third kappa shape index (κ3) is 3.20. The zero-order chi connectivity index (χ0) is 21.8. The highest BCUT2D eigenvalue weighted by Gasteiger charge is 2.59. The van der Waals surface area contributed by atoms with Crippen LogP contribution in [-0.2, 0) is 10.2 Å². The summed E-state index contributed by atoms with van der Waals surface area (Å²) in [5, 5.41) is 1.03. The van der Waals surface area contributed by atoms with Gasteiger partial charge in [-0.15, -0.1) is 0 Å². The molecule has 0 unspecified atom stereocenters. The number of anilines is 2. The number of likely N-dealkylation sites (N-methyl/N-ethyl adjacent to an activating group) is 1. The standard InChI is InChI=1S/C24H27N5O2/c1-28(2)9-4-10-31-22-18(25)12-16(13-27-22)15-5-6-19-17(11-15)21-20(14-26-19)29(3)23(30)24(21)7-8-24/h5-6,11-14H,4,7-10,25H2,1-3H3. The van der Waals surface area contributed by atoms with Gasteiger partial charge in [0.15, 0.2) is 0 Å². The number of nitrogen functional groups attached to an aromatic ring is 1.